The van der Waals surface area contributed by atoms with Crippen LogP contribution in [0, 0.1) is 12.7 Å². The van der Waals surface area contributed by atoms with Crippen LogP contribution in [0.3, 0.4) is 0 Å². The van der Waals surface area contributed by atoms with Gasteiger partial charge < -0.3 is 10.3 Å². The van der Waals surface area contributed by atoms with Gasteiger partial charge in [-0.1, -0.05) is 24.3 Å². The van der Waals surface area contributed by atoms with Crippen molar-refractivity contribution in [3.8, 4) is 11.1 Å². The zero-order chi connectivity index (χ0) is 18.6. The third-order valence-electron chi connectivity index (χ3n) is 3.97. The third-order valence-corrected chi connectivity index (χ3v) is 3.97. The van der Waals surface area contributed by atoms with E-state index in [1.165, 1.54) is 22.8 Å². The number of nitrogens with zero attached hydrogens (tertiary/aromatic N) is 1. The minimum atomic E-state index is -0.632. The smallest absolute Gasteiger partial charge is 0.254 e. The van der Waals surface area contributed by atoms with E-state index in [9.17, 15) is 14.0 Å². The summed E-state index contributed by atoms with van der Waals surface area (Å²) in [5, 5.41) is 0. The molecule has 1 heterocycles. The Labute approximate surface area is 146 Å². The van der Waals surface area contributed by atoms with Crippen molar-refractivity contribution in [2.45, 2.75) is 27.3 Å². The van der Waals surface area contributed by atoms with Gasteiger partial charge in [-0.05, 0) is 44.5 Å². The first kappa shape index (κ1) is 18.4. The largest absolute Gasteiger partial charge is 0.366 e. The van der Waals surface area contributed by atoms with Crippen molar-refractivity contribution in [1.82, 2.24) is 4.57 Å². The molecule has 0 saturated heterocycles. The summed E-state index contributed by atoms with van der Waals surface area (Å²) in [7, 11) is 0. The summed E-state index contributed by atoms with van der Waals surface area (Å²) >= 11 is 0. The van der Waals surface area contributed by atoms with E-state index in [0.717, 1.165) is 0 Å². The number of halogens is 1. The minimum absolute atomic E-state index is 0.138. The summed E-state index contributed by atoms with van der Waals surface area (Å²) in [6, 6.07) is 3.98. The van der Waals surface area contributed by atoms with Gasteiger partial charge in [-0.25, -0.2) is 4.39 Å². The molecule has 0 saturated carbocycles. The number of amides is 1. The van der Waals surface area contributed by atoms with Crippen LogP contribution < -0.4 is 11.3 Å². The van der Waals surface area contributed by atoms with Crippen molar-refractivity contribution >= 4 is 12.0 Å². The highest BCUT2D eigenvalue weighted by atomic mass is 19.1. The molecule has 2 aromatic rings. The molecule has 1 aromatic heterocycles. The van der Waals surface area contributed by atoms with Gasteiger partial charge in [0.05, 0.1) is 0 Å². The van der Waals surface area contributed by atoms with Gasteiger partial charge >= 0.3 is 0 Å². The molecule has 1 amide bonds. The van der Waals surface area contributed by atoms with Crippen molar-refractivity contribution in [3.63, 3.8) is 0 Å². The molecule has 0 aliphatic carbocycles. The van der Waals surface area contributed by atoms with Gasteiger partial charge in [0.25, 0.3) is 5.56 Å². The molecule has 4 nitrogen and oxygen atoms in total. The van der Waals surface area contributed by atoms with E-state index in [-0.39, 0.29) is 16.7 Å². The number of carbonyl (C=O) groups is 1. The molecule has 5 heteroatoms. The molecule has 0 radical (unpaired) electrons. The first-order valence-corrected chi connectivity index (χ1v) is 7.98. The second kappa shape index (κ2) is 7.75. The maximum absolute atomic E-state index is 14.5. The number of primary amides is 1. The van der Waals surface area contributed by atoms with Crippen LogP contribution in [0.1, 0.15) is 35.3 Å². The fourth-order valence-corrected chi connectivity index (χ4v) is 2.65. The van der Waals surface area contributed by atoms with E-state index in [4.69, 9.17) is 5.73 Å². The van der Waals surface area contributed by atoms with Crippen LogP contribution in [-0.4, -0.2) is 10.5 Å². The lowest BCUT2D eigenvalue weighted by Gasteiger charge is -2.15. The number of hydrogen-bond donors (Lipinski definition) is 1. The molecule has 0 unspecified atom stereocenters. The van der Waals surface area contributed by atoms with Crippen LogP contribution >= 0.6 is 0 Å². The van der Waals surface area contributed by atoms with Crippen molar-refractivity contribution in [2.75, 3.05) is 0 Å². The summed E-state index contributed by atoms with van der Waals surface area (Å²) in [5.74, 6) is -1.11. The van der Waals surface area contributed by atoms with Crippen molar-refractivity contribution < 1.29 is 9.18 Å². The fourth-order valence-electron chi connectivity index (χ4n) is 2.65. The SMILES string of the molecule is C/C=C\c1c(-c2cc(C(N)=O)ccc2F)cn(C/C=C/C)c(=O)c1C. The molecule has 25 heavy (non-hydrogen) atoms. The Balaban J connectivity index is 2.83. The van der Waals surface area contributed by atoms with Crippen molar-refractivity contribution in [3.05, 3.63) is 75.5 Å². The highest BCUT2D eigenvalue weighted by Gasteiger charge is 2.16. The number of hydrogen-bond acceptors (Lipinski definition) is 2. The van der Waals surface area contributed by atoms with E-state index in [2.05, 4.69) is 0 Å². The number of rotatable bonds is 5. The van der Waals surface area contributed by atoms with Crippen LogP contribution in [0.2, 0.25) is 0 Å². The van der Waals surface area contributed by atoms with E-state index < -0.39 is 11.7 Å². The Morgan fingerprint density at radius 3 is 2.56 bits per heavy atom. The summed E-state index contributed by atoms with van der Waals surface area (Å²) in [6.45, 7) is 5.79. The van der Waals surface area contributed by atoms with Gasteiger partial charge in [-0.2, -0.15) is 0 Å². The van der Waals surface area contributed by atoms with E-state index in [1.54, 1.807) is 25.3 Å². The molecule has 2 rings (SSSR count). The summed E-state index contributed by atoms with van der Waals surface area (Å²) in [4.78, 5) is 24.0. The number of benzene rings is 1. The number of aromatic nitrogens is 1. The molecule has 0 fully saturated rings. The topological polar surface area (TPSA) is 65.1 Å². The molecule has 1 aromatic carbocycles. The van der Waals surface area contributed by atoms with E-state index in [1.807, 2.05) is 26.0 Å². The first-order chi connectivity index (χ1) is 11.9. The monoisotopic (exact) mass is 340 g/mol. The Kier molecular flexibility index (Phi) is 5.70. The Morgan fingerprint density at radius 1 is 1.24 bits per heavy atom. The summed E-state index contributed by atoms with van der Waals surface area (Å²) < 4.78 is 16.0. The van der Waals surface area contributed by atoms with Crippen molar-refractivity contribution in [1.29, 1.82) is 0 Å². The highest BCUT2D eigenvalue weighted by molar-refractivity contribution is 5.94. The van der Waals surface area contributed by atoms with Gasteiger partial charge in [0.1, 0.15) is 5.82 Å². The molecular formula is C20H21FN2O2. The lowest BCUT2D eigenvalue weighted by atomic mass is 9.96. The molecule has 0 spiro atoms. The maximum atomic E-state index is 14.5. The second-order valence-electron chi connectivity index (χ2n) is 5.67. The number of allylic oxidation sites excluding steroid dienone is 3. The van der Waals surface area contributed by atoms with Gasteiger partial charge in [-0.15, -0.1) is 0 Å². The van der Waals surface area contributed by atoms with Crippen LogP contribution in [0.5, 0.6) is 0 Å². The normalized spacial score (nSPS) is 11.5. The van der Waals surface area contributed by atoms with Crippen molar-refractivity contribution in [2.24, 2.45) is 5.73 Å². The van der Waals surface area contributed by atoms with Gasteiger partial charge in [0, 0.05) is 35.0 Å². The van der Waals surface area contributed by atoms with Crippen LogP contribution in [-0.2, 0) is 6.54 Å². The average molecular weight is 340 g/mol. The fraction of sp³-hybridized carbons (Fsp3) is 0.200. The third kappa shape index (κ3) is 3.76. The van der Waals surface area contributed by atoms with Crippen LogP contribution in [0.4, 0.5) is 4.39 Å². The zero-order valence-electron chi connectivity index (χ0n) is 14.5. The van der Waals surface area contributed by atoms with Gasteiger partial charge in [0.15, 0.2) is 0 Å². The summed E-state index contributed by atoms with van der Waals surface area (Å²) in [6.07, 6.45) is 8.86. The highest BCUT2D eigenvalue weighted by Crippen LogP contribution is 2.29. The summed E-state index contributed by atoms with van der Waals surface area (Å²) in [5.41, 5.74) is 7.32. The molecule has 0 bridgehead atoms. The number of carbonyl (C=O) groups excluding carboxylic acids is 1. The molecule has 130 valence electrons. The first-order valence-electron chi connectivity index (χ1n) is 7.98. The average Bonchev–Trinajstić information content (AvgIpc) is 2.59. The predicted molar refractivity (Wildman–Crippen MR) is 98.9 cm³/mol. The Morgan fingerprint density at radius 2 is 1.96 bits per heavy atom. The Bertz CT molecular complexity index is 924. The molecule has 0 aliphatic heterocycles. The minimum Gasteiger partial charge on any atom is -0.366 e. The van der Waals surface area contributed by atoms with E-state index >= 15 is 0 Å². The van der Waals surface area contributed by atoms with Crippen LogP contribution in [0.25, 0.3) is 17.2 Å². The standard InChI is InChI=1S/C20H21FN2O2/c1-4-6-10-23-12-17(15(7-5-2)13(3)20(23)25)16-11-14(19(22)24)8-9-18(16)21/h4-9,11-12H,10H2,1-3H3,(H2,22,24)/b6-4+,7-5-. The Hall–Kier alpha value is -2.95. The van der Waals surface area contributed by atoms with Gasteiger partial charge in [-0.3, -0.25) is 9.59 Å². The molecule has 0 atom stereocenters. The quantitative estimate of drug-likeness (QED) is 0.844. The molecule has 2 N–H and O–H groups in total. The van der Waals surface area contributed by atoms with Crippen LogP contribution in [0.15, 0.2) is 47.4 Å². The molecule has 0 aliphatic rings. The zero-order valence-corrected chi connectivity index (χ0v) is 14.5. The van der Waals surface area contributed by atoms with Gasteiger partial charge in [0.2, 0.25) is 5.91 Å². The van der Waals surface area contributed by atoms with E-state index in [0.29, 0.717) is 23.2 Å². The molecular weight excluding hydrogens is 319 g/mol. The maximum Gasteiger partial charge on any atom is 0.254 e. The predicted octanol–water partition coefficient (Wildman–Crippen LogP) is 3.67. The second-order valence-corrected chi connectivity index (χ2v) is 5.67. The number of pyridine rings is 1. The lowest BCUT2D eigenvalue weighted by molar-refractivity contribution is 0.100. The lowest BCUT2D eigenvalue weighted by Crippen LogP contribution is -2.23. The number of nitrogens with two attached hydrogens (primary N) is 1.